The van der Waals surface area contributed by atoms with E-state index in [1.54, 1.807) is 46.1 Å². The summed E-state index contributed by atoms with van der Waals surface area (Å²) in [7, 11) is 4.31. The molecule has 8 heteroatoms. The van der Waals surface area contributed by atoms with Gasteiger partial charge in [0.25, 0.3) is 0 Å². The topological polar surface area (TPSA) is 74.3 Å². The van der Waals surface area contributed by atoms with Gasteiger partial charge in [-0.2, -0.15) is 0 Å². The quantitative estimate of drug-likeness (QED) is 0.550. The minimum atomic E-state index is -0.714. The number of carbonyl (C=O) groups excluding carboxylic acids is 2. The Balaban J connectivity index is 2.34. The molecule has 0 N–H and O–H groups in total. The van der Waals surface area contributed by atoms with E-state index < -0.39 is 23.5 Å². The minimum Gasteiger partial charge on any atom is -0.497 e. The van der Waals surface area contributed by atoms with E-state index in [2.05, 4.69) is 0 Å². The van der Waals surface area contributed by atoms with E-state index in [4.69, 9.17) is 18.9 Å². The smallest absolute Gasteiger partial charge is 0.410 e. The van der Waals surface area contributed by atoms with Crippen LogP contribution in [0.4, 0.5) is 9.18 Å². The molecule has 2 rings (SSSR count). The number of amides is 1. The molecule has 0 unspecified atom stereocenters. The molecule has 0 spiro atoms. The van der Waals surface area contributed by atoms with Crippen LogP contribution in [-0.4, -0.2) is 50.4 Å². The van der Waals surface area contributed by atoms with Crippen LogP contribution in [0, 0.1) is 5.82 Å². The fraction of sp³-hybridized carbons (Fsp3) is 0.417. The fourth-order valence-corrected chi connectivity index (χ4v) is 3.11. The van der Waals surface area contributed by atoms with Crippen molar-refractivity contribution in [2.24, 2.45) is 0 Å². The van der Waals surface area contributed by atoms with Crippen LogP contribution >= 0.6 is 0 Å². The summed E-state index contributed by atoms with van der Waals surface area (Å²) in [6.45, 7) is 5.56. The van der Waals surface area contributed by atoms with Gasteiger partial charge in [0.1, 0.15) is 22.9 Å². The number of rotatable bonds is 8. The van der Waals surface area contributed by atoms with Gasteiger partial charge in [-0.1, -0.05) is 6.07 Å². The molecule has 32 heavy (non-hydrogen) atoms. The van der Waals surface area contributed by atoms with Gasteiger partial charge in [0.05, 0.1) is 33.4 Å². The Morgan fingerprint density at radius 2 is 1.75 bits per heavy atom. The van der Waals surface area contributed by atoms with Gasteiger partial charge in [0.15, 0.2) is 0 Å². The van der Waals surface area contributed by atoms with E-state index in [1.807, 2.05) is 0 Å². The first-order chi connectivity index (χ1) is 15.1. The highest BCUT2D eigenvalue weighted by molar-refractivity contribution is 5.91. The number of halogens is 1. The van der Waals surface area contributed by atoms with Crippen molar-refractivity contribution in [1.29, 1.82) is 0 Å². The average molecular weight is 448 g/mol. The summed E-state index contributed by atoms with van der Waals surface area (Å²) >= 11 is 0. The number of methoxy groups -OCH3 is 3. The molecule has 0 bridgehead atoms. The molecule has 174 valence electrons. The molecule has 0 heterocycles. The standard InChI is InChI=1S/C24H30FNO6/c1-24(2,3)32-23(28)26(15-16-10-11-17(29-4)14-21(16)30-5)13-12-18-19(22(27)31-6)8-7-9-20(18)25/h7-11,14H,12-13,15H2,1-6H3. The molecule has 0 aliphatic heterocycles. The highest BCUT2D eigenvalue weighted by Crippen LogP contribution is 2.27. The van der Waals surface area contributed by atoms with Crippen molar-refractivity contribution < 1.29 is 32.9 Å². The average Bonchev–Trinajstić information content (AvgIpc) is 2.75. The van der Waals surface area contributed by atoms with E-state index in [9.17, 15) is 14.0 Å². The number of hydrogen-bond acceptors (Lipinski definition) is 6. The Labute approximate surface area is 188 Å². The van der Waals surface area contributed by atoms with Crippen molar-refractivity contribution >= 4 is 12.1 Å². The van der Waals surface area contributed by atoms with E-state index in [0.29, 0.717) is 11.5 Å². The van der Waals surface area contributed by atoms with Crippen molar-refractivity contribution in [2.75, 3.05) is 27.9 Å². The lowest BCUT2D eigenvalue weighted by atomic mass is 10.0. The lowest BCUT2D eigenvalue weighted by Crippen LogP contribution is -2.38. The third-order valence-corrected chi connectivity index (χ3v) is 4.66. The molecule has 1 amide bonds. The van der Waals surface area contributed by atoms with Gasteiger partial charge in [0.2, 0.25) is 0 Å². The van der Waals surface area contributed by atoms with Crippen LogP contribution in [0.1, 0.15) is 42.3 Å². The molecule has 0 aliphatic carbocycles. The zero-order valence-electron chi connectivity index (χ0n) is 19.4. The summed E-state index contributed by atoms with van der Waals surface area (Å²) in [4.78, 5) is 26.4. The van der Waals surface area contributed by atoms with Gasteiger partial charge in [-0.25, -0.2) is 14.0 Å². The maximum atomic E-state index is 14.5. The summed E-state index contributed by atoms with van der Waals surface area (Å²) < 4.78 is 35.5. The van der Waals surface area contributed by atoms with Crippen molar-refractivity contribution in [3.05, 3.63) is 58.9 Å². The number of nitrogens with zero attached hydrogens (tertiary/aromatic N) is 1. The Morgan fingerprint density at radius 3 is 2.34 bits per heavy atom. The van der Waals surface area contributed by atoms with Gasteiger partial charge in [0, 0.05) is 23.7 Å². The van der Waals surface area contributed by atoms with Crippen LogP contribution in [0.5, 0.6) is 11.5 Å². The Morgan fingerprint density at radius 1 is 1.03 bits per heavy atom. The number of hydrogen-bond donors (Lipinski definition) is 0. The molecule has 0 atom stereocenters. The minimum absolute atomic E-state index is 0.0921. The summed E-state index contributed by atoms with van der Waals surface area (Å²) in [6, 6.07) is 9.48. The molecule has 0 fully saturated rings. The number of benzene rings is 2. The normalized spacial score (nSPS) is 11.0. The van der Waals surface area contributed by atoms with Gasteiger partial charge in [-0.15, -0.1) is 0 Å². The highest BCUT2D eigenvalue weighted by Gasteiger charge is 2.25. The van der Waals surface area contributed by atoms with Crippen molar-refractivity contribution in [2.45, 2.75) is 39.3 Å². The first-order valence-electron chi connectivity index (χ1n) is 10.1. The monoisotopic (exact) mass is 447 g/mol. The summed E-state index contributed by atoms with van der Waals surface area (Å²) in [5.74, 6) is -0.0262. The molecule has 0 saturated heterocycles. The van der Waals surface area contributed by atoms with Crippen LogP contribution in [0.25, 0.3) is 0 Å². The number of ether oxygens (including phenoxy) is 4. The third-order valence-electron chi connectivity index (χ3n) is 4.66. The molecule has 0 aromatic heterocycles. The molecule has 0 radical (unpaired) electrons. The van der Waals surface area contributed by atoms with Crippen LogP contribution in [0.15, 0.2) is 36.4 Å². The van der Waals surface area contributed by atoms with E-state index in [-0.39, 0.29) is 30.6 Å². The van der Waals surface area contributed by atoms with Crippen LogP contribution in [0.2, 0.25) is 0 Å². The van der Waals surface area contributed by atoms with Gasteiger partial charge < -0.3 is 23.8 Å². The molecule has 7 nitrogen and oxygen atoms in total. The first-order valence-corrected chi connectivity index (χ1v) is 10.1. The largest absolute Gasteiger partial charge is 0.497 e. The summed E-state index contributed by atoms with van der Waals surface area (Å²) in [6.07, 6.45) is -0.472. The second kappa shape index (κ2) is 10.8. The summed E-state index contributed by atoms with van der Waals surface area (Å²) in [5.41, 5.74) is 0.309. The van der Waals surface area contributed by atoms with E-state index in [1.165, 1.54) is 37.3 Å². The second-order valence-electron chi connectivity index (χ2n) is 8.09. The van der Waals surface area contributed by atoms with Gasteiger partial charge in [-0.05, 0) is 51.5 Å². The molecular weight excluding hydrogens is 417 g/mol. The second-order valence-corrected chi connectivity index (χ2v) is 8.09. The molecular formula is C24H30FNO6. The van der Waals surface area contributed by atoms with Gasteiger partial charge >= 0.3 is 12.1 Å². The molecule has 2 aromatic rings. The SMILES string of the molecule is COC(=O)c1cccc(F)c1CCN(Cc1ccc(OC)cc1OC)C(=O)OC(C)(C)C. The van der Waals surface area contributed by atoms with E-state index >= 15 is 0 Å². The number of carbonyl (C=O) groups is 2. The molecule has 0 aliphatic rings. The Kier molecular flexibility index (Phi) is 8.46. The highest BCUT2D eigenvalue weighted by atomic mass is 19.1. The van der Waals surface area contributed by atoms with Gasteiger partial charge in [-0.3, -0.25) is 0 Å². The van der Waals surface area contributed by atoms with Crippen molar-refractivity contribution in [1.82, 2.24) is 4.90 Å². The third kappa shape index (κ3) is 6.60. The van der Waals surface area contributed by atoms with Crippen molar-refractivity contribution in [3.63, 3.8) is 0 Å². The fourth-order valence-electron chi connectivity index (χ4n) is 3.11. The Bertz CT molecular complexity index is 954. The predicted octanol–water partition coefficient (Wildman–Crippen LogP) is 4.61. The first kappa shape index (κ1) is 25.0. The van der Waals surface area contributed by atoms with Crippen LogP contribution in [-0.2, 0) is 22.4 Å². The zero-order chi connectivity index (χ0) is 23.9. The van der Waals surface area contributed by atoms with Crippen LogP contribution < -0.4 is 9.47 Å². The molecule has 2 aromatic carbocycles. The Hall–Kier alpha value is -3.29. The van der Waals surface area contributed by atoms with E-state index in [0.717, 1.165) is 5.56 Å². The molecule has 0 saturated carbocycles. The predicted molar refractivity (Wildman–Crippen MR) is 118 cm³/mol. The van der Waals surface area contributed by atoms with Crippen molar-refractivity contribution in [3.8, 4) is 11.5 Å². The number of esters is 1. The lowest BCUT2D eigenvalue weighted by molar-refractivity contribution is 0.0234. The maximum absolute atomic E-state index is 14.5. The zero-order valence-corrected chi connectivity index (χ0v) is 19.4. The van der Waals surface area contributed by atoms with Crippen LogP contribution in [0.3, 0.4) is 0 Å². The lowest BCUT2D eigenvalue weighted by Gasteiger charge is -2.28. The maximum Gasteiger partial charge on any atom is 0.410 e. The summed E-state index contributed by atoms with van der Waals surface area (Å²) in [5, 5.41) is 0.